The van der Waals surface area contributed by atoms with Crippen molar-refractivity contribution in [2.45, 2.75) is 26.7 Å². The van der Waals surface area contributed by atoms with Crippen LogP contribution in [0.4, 0.5) is 0 Å². The van der Waals surface area contributed by atoms with Crippen LogP contribution in [0.25, 0.3) is 0 Å². The Bertz CT molecular complexity index is 238. The molecule has 1 atom stereocenters. The number of aromatic nitrogens is 1. The molecular formula is C9H16N2. The van der Waals surface area contributed by atoms with Crippen molar-refractivity contribution in [3.8, 4) is 0 Å². The Balaban J connectivity index is 2.93. The third-order valence-electron chi connectivity index (χ3n) is 2.07. The van der Waals surface area contributed by atoms with Gasteiger partial charge in [-0.05, 0) is 37.9 Å². The summed E-state index contributed by atoms with van der Waals surface area (Å²) in [6.07, 6.45) is 0. The molecule has 0 bridgehead atoms. The number of hydrogen-bond donors (Lipinski definition) is 2. The van der Waals surface area contributed by atoms with Crippen LogP contribution in [-0.4, -0.2) is 11.5 Å². The number of hydrogen-bond acceptors (Lipinski definition) is 1. The largest absolute Gasteiger partial charge is 0.362 e. The summed E-state index contributed by atoms with van der Waals surface area (Å²) in [5.74, 6) is 0.472. The van der Waals surface area contributed by atoms with E-state index in [4.69, 9.17) is 5.73 Å². The second-order valence-corrected chi connectivity index (χ2v) is 3.17. The van der Waals surface area contributed by atoms with Gasteiger partial charge in [0, 0.05) is 11.4 Å². The van der Waals surface area contributed by atoms with Crippen LogP contribution < -0.4 is 5.73 Å². The molecule has 1 aromatic rings. The van der Waals surface area contributed by atoms with E-state index in [1.165, 1.54) is 17.0 Å². The van der Waals surface area contributed by atoms with Crippen LogP contribution in [-0.2, 0) is 0 Å². The molecule has 0 saturated heterocycles. The minimum Gasteiger partial charge on any atom is -0.362 e. The van der Waals surface area contributed by atoms with Gasteiger partial charge in [0.2, 0.25) is 0 Å². The third kappa shape index (κ3) is 1.63. The first-order valence-corrected chi connectivity index (χ1v) is 4.01. The molecule has 0 aromatic carbocycles. The number of nitrogens with two attached hydrogens (primary N) is 1. The monoisotopic (exact) mass is 152 g/mol. The maximum atomic E-state index is 5.57. The Morgan fingerprint density at radius 2 is 2.18 bits per heavy atom. The van der Waals surface area contributed by atoms with Gasteiger partial charge in [-0.25, -0.2) is 0 Å². The van der Waals surface area contributed by atoms with Crippen LogP contribution in [0.3, 0.4) is 0 Å². The third-order valence-corrected chi connectivity index (χ3v) is 2.07. The average Bonchev–Trinajstić information content (AvgIpc) is 2.28. The van der Waals surface area contributed by atoms with E-state index in [0.29, 0.717) is 5.92 Å². The minimum absolute atomic E-state index is 0.472. The fraction of sp³-hybridized carbons (Fsp3) is 0.556. The maximum Gasteiger partial charge on any atom is 0.0153 e. The summed E-state index contributed by atoms with van der Waals surface area (Å²) in [6.45, 7) is 7.03. The fourth-order valence-corrected chi connectivity index (χ4v) is 1.38. The standard InChI is InChI=1S/C9H16N2/c1-6(5-10)9-4-7(2)11-8(9)3/h4,6,11H,5,10H2,1-3H3. The van der Waals surface area contributed by atoms with Gasteiger partial charge in [0.25, 0.3) is 0 Å². The van der Waals surface area contributed by atoms with E-state index >= 15 is 0 Å². The summed E-state index contributed by atoms with van der Waals surface area (Å²) in [7, 11) is 0. The second kappa shape index (κ2) is 3.09. The molecule has 0 amide bonds. The van der Waals surface area contributed by atoms with Crippen molar-refractivity contribution in [1.29, 1.82) is 0 Å². The van der Waals surface area contributed by atoms with Crippen LogP contribution in [0, 0.1) is 13.8 Å². The first-order chi connectivity index (χ1) is 5.15. The first kappa shape index (κ1) is 8.34. The molecule has 0 spiro atoms. The van der Waals surface area contributed by atoms with E-state index in [9.17, 15) is 0 Å². The van der Waals surface area contributed by atoms with Crippen LogP contribution in [0.5, 0.6) is 0 Å². The van der Waals surface area contributed by atoms with Gasteiger partial charge < -0.3 is 10.7 Å². The summed E-state index contributed by atoms with van der Waals surface area (Å²) in [5.41, 5.74) is 9.39. The van der Waals surface area contributed by atoms with Crippen molar-refractivity contribution in [3.05, 3.63) is 23.0 Å². The lowest BCUT2D eigenvalue weighted by atomic mass is 10.0. The summed E-state index contributed by atoms with van der Waals surface area (Å²) in [6, 6.07) is 2.17. The van der Waals surface area contributed by atoms with E-state index in [2.05, 4.69) is 31.8 Å². The lowest BCUT2D eigenvalue weighted by Gasteiger charge is -2.06. The van der Waals surface area contributed by atoms with Crippen molar-refractivity contribution in [3.63, 3.8) is 0 Å². The van der Waals surface area contributed by atoms with Crippen molar-refractivity contribution >= 4 is 0 Å². The van der Waals surface area contributed by atoms with Crippen molar-refractivity contribution in [1.82, 2.24) is 4.98 Å². The molecule has 1 heterocycles. The normalized spacial score (nSPS) is 13.5. The van der Waals surface area contributed by atoms with Gasteiger partial charge in [0.15, 0.2) is 0 Å². The van der Waals surface area contributed by atoms with Gasteiger partial charge in [-0.15, -0.1) is 0 Å². The zero-order chi connectivity index (χ0) is 8.43. The molecule has 0 radical (unpaired) electrons. The molecule has 1 aromatic heterocycles. The molecule has 1 unspecified atom stereocenters. The minimum atomic E-state index is 0.472. The summed E-state index contributed by atoms with van der Waals surface area (Å²) >= 11 is 0. The molecule has 2 heteroatoms. The highest BCUT2D eigenvalue weighted by molar-refractivity contribution is 5.27. The maximum absolute atomic E-state index is 5.57. The summed E-state index contributed by atoms with van der Waals surface area (Å²) < 4.78 is 0. The molecule has 11 heavy (non-hydrogen) atoms. The van der Waals surface area contributed by atoms with Gasteiger partial charge in [-0.1, -0.05) is 6.92 Å². The molecule has 2 nitrogen and oxygen atoms in total. The molecular weight excluding hydrogens is 136 g/mol. The molecule has 0 fully saturated rings. The van der Waals surface area contributed by atoms with E-state index < -0.39 is 0 Å². The second-order valence-electron chi connectivity index (χ2n) is 3.17. The number of aromatic amines is 1. The van der Waals surface area contributed by atoms with Crippen LogP contribution in [0.1, 0.15) is 29.8 Å². The number of H-pyrrole nitrogens is 1. The fourth-order valence-electron chi connectivity index (χ4n) is 1.38. The van der Waals surface area contributed by atoms with Gasteiger partial charge >= 0.3 is 0 Å². The van der Waals surface area contributed by atoms with Crippen LogP contribution in [0.15, 0.2) is 6.07 Å². The summed E-state index contributed by atoms with van der Waals surface area (Å²) in [4.78, 5) is 3.27. The zero-order valence-corrected chi connectivity index (χ0v) is 7.44. The Labute approximate surface area is 67.8 Å². The van der Waals surface area contributed by atoms with Gasteiger partial charge in [0.1, 0.15) is 0 Å². The van der Waals surface area contributed by atoms with Gasteiger partial charge in [-0.2, -0.15) is 0 Å². The van der Waals surface area contributed by atoms with Gasteiger partial charge in [-0.3, -0.25) is 0 Å². The Hall–Kier alpha value is -0.760. The predicted molar refractivity (Wildman–Crippen MR) is 47.7 cm³/mol. The lowest BCUT2D eigenvalue weighted by Crippen LogP contribution is -2.08. The molecule has 0 aliphatic rings. The molecule has 0 saturated carbocycles. The SMILES string of the molecule is Cc1cc(C(C)CN)c(C)[nH]1. The molecule has 1 rings (SSSR count). The highest BCUT2D eigenvalue weighted by Crippen LogP contribution is 2.18. The molecule has 62 valence electrons. The Morgan fingerprint density at radius 3 is 2.55 bits per heavy atom. The number of rotatable bonds is 2. The molecule has 0 aliphatic carbocycles. The molecule has 3 N–H and O–H groups in total. The lowest BCUT2D eigenvalue weighted by molar-refractivity contribution is 0.768. The zero-order valence-electron chi connectivity index (χ0n) is 7.44. The summed E-state index contributed by atoms with van der Waals surface area (Å²) in [5, 5.41) is 0. The Morgan fingerprint density at radius 1 is 1.55 bits per heavy atom. The number of nitrogens with one attached hydrogen (secondary N) is 1. The first-order valence-electron chi connectivity index (χ1n) is 4.01. The van der Waals surface area contributed by atoms with Crippen LogP contribution in [0.2, 0.25) is 0 Å². The van der Waals surface area contributed by atoms with Crippen molar-refractivity contribution in [2.24, 2.45) is 5.73 Å². The van der Waals surface area contributed by atoms with Crippen molar-refractivity contribution in [2.75, 3.05) is 6.54 Å². The van der Waals surface area contributed by atoms with Crippen LogP contribution >= 0.6 is 0 Å². The van der Waals surface area contributed by atoms with E-state index in [1.807, 2.05) is 0 Å². The van der Waals surface area contributed by atoms with E-state index in [-0.39, 0.29) is 0 Å². The average molecular weight is 152 g/mol. The van der Waals surface area contributed by atoms with E-state index in [0.717, 1.165) is 6.54 Å². The number of aryl methyl sites for hydroxylation is 2. The smallest absolute Gasteiger partial charge is 0.0153 e. The topological polar surface area (TPSA) is 41.8 Å². The Kier molecular flexibility index (Phi) is 2.35. The quantitative estimate of drug-likeness (QED) is 0.665. The van der Waals surface area contributed by atoms with Gasteiger partial charge in [0.05, 0.1) is 0 Å². The predicted octanol–water partition coefficient (Wildman–Crippen LogP) is 1.69. The highest BCUT2D eigenvalue weighted by Gasteiger charge is 2.07. The highest BCUT2D eigenvalue weighted by atomic mass is 14.7. The molecule has 0 aliphatic heterocycles. The van der Waals surface area contributed by atoms with E-state index in [1.54, 1.807) is 0 Å². The van der Waals surface area contributed by atoms with Crippen molar-refractivity contribution < 1.29 is 0 Å².